The van der Waals surface area contributed by atoms with Crippen LogP contribution in [0, 0.1) is 5.82 Å². The number of carbonyl (C=O) groups excluding carboxylic acids is 2. The molecule has 1 fully saturated rings. The molecule has 2 aliphatic rings. The van der Waals surface area contributed by atoms with Crippen LogP contribution in [-0.4, -0.2) is 80.2 Å². The summed E-state index contributed by atoms with van der Waals surface area (Å²) in [6.45, 7) is 14.1. The van der Waals surface area contributed by atoms with Crippen LogP contribution in [0.5, 0.6) is 0 Å². The Morgan fingerprint density at radius 1 is 1.12 bits per heavy atom. The molecule has 0 bridgehead atoms. The van der Waals surface area contributed by atoms with Crippen molar-refractivity contribution in [3.8, 4) is 0 Å². The van der Waals surface area contributed by atoms with Crippen LogP contribution in [-0.2, 0) is 27.9 Å². The molecule has 10 heteroatoms. The van der Waals surface area contributed by atoms with Gasteiger partial charge < -0.3 is 19.1 Å². The van der Waals surface area contributed by atoms with E-state index in [1.54, 1.807) is 29.6 Å². The fourth-order valence-corrected chi connectivity index (χ4v) is 5.88. The lowest BCUT2D eigenvalue weighted by Gasteiger charge is -2.45. The molecule has 9 nitrogen and oxygen atoms in total. The fourth-order valence-electron chi connectivity index (χ4n) is 5.88. The molecule has 4 heterocycles. The van der Waals surface area contributed by atoms with Gasteiger partial charge in [-0.15, -0.1) is 0 Å². The first-order valence-corrected chi connectivity index (χ1v) is 14.5. The van der Waals surface area contributed by atoms with E-state index in [-0.39, 0.29) is 41.9 Å². The molecule has 224 valence electrons. The van der Waals surface area contributed by atoms with Crippen LogP contribution in [0.3, 0.4) is 0 Å². The van der Waals surface area contributed by atoms with Crippen LogP contribution in [0.15, 0.2) is 55.2 Å². The third-order valence-corrected chi connectivity index (χ3v) is 7.93. The summed E-state index contributed by atoms with van der Waals surface area (Å²) in [6.07, 6.45) is 7.49. The number of carbonyl (C=O) groups is 2. The van der Waals surface area contributed by atoms with Crippen LogP contribution < -0.4 is 4.90 Å². The minimum atomic E-state index is -0.594. The Labute approximate surface area is 247 Å². The summed E-state index contributed by atoms with van der Waals surface area (Å²) in [5, 5.41) is 0. The highest BCUT2D eigenvalue weighted by Crippen LogP contribution is 2.40. The topological polar surface area (TPSA) is 83.8 Å². The Balaban J connectivity index is 1.36. The number of halogens is 1. The maximum Gasteiger partial charge on any atom is 0.410 e. The van der Waals surface area contributed by atoms with E-state index >= 15 is 0 Å². The SMILES string of the molecule is C[C@@H]1CN(CC(=O)N2CC(C)(C)c3ncc(Cc4ccc(F)cc4)cc32)[C@@H](Cn2ccnc2)CN1C(=O)OC(C)(C)C. The first-order valence-electron chi connectivity index (χ1n) is 14.5. The van der Waals surface area contributed by atoms with Crippen LogP contribution in [0.2, 0.25) is 0 Å². The predicted octanol–water partition coefficient (Wildman–Crippen LogP) is 4.64. The molecular weight excluding hydrogens is 535 g/mol. The number of hydrogen-bond donors (Lipinski definition) is 0. The molecule has 42 heavy (non-hydrogen) atoms. The Hall–Kier alpha value is -3.79. The predicted molar refractivity (Wildman–Crippen MR) is 159 cm³/mol. The largest absolute Gasteiger partial charge is 0.444 e. The number of benzene rings is 1. The van der Waals surface area contributed by atoms with Crippen LogP contribution in [0.1, 0.15) is 58.4 Å². The van der Waals surface area contributed by atoms with Crippen molar-refractivity contribution in [3.05, 3.63) is 77.9 Å². The lowest BCUT2D eigenvalue weighted by atomic mass is 9.91. The normalized spacial score (nSPS) is 20.5. The lowest BCUT2D eigenvalue weighted by Crippen LogP contribution is -2.62. The maximum absolute atomic E-state index is 14.0. The summed E-state index contributed by atoms with van der Waals surface area (Å²) in [5.41, 5.74) is 2.79. The van der Waals surface area contributed by atoms with E-state index in [4.69, 9.17) is 9.72 Å². The second-order valence-corrected chi connectivity index (χ2v) is 13.2. The molecule has 2 amide bonds. The monoisotopic (exact) mass is 576 g/mol. The number of amides is 2. The minimum Gasteiger partial charge on any atom is -0.444 e. The van der Waals surface area contributed by atoms with Gasteiger partial charge in [-0.1, -0.05) is 26.0 Å². The standard InChI is InChI=1S/C32H41FN6O3/c1-22-16-37(26(17-36-12-11-34-21-36)18-38(22)30(41)42-31(2,3)4)19-28(40)39-20-32(5,6)29-27(39)14-24(15-35-29)13-23-7-9-25(33)10-8-23/h7-12,14-15,21-22,26H,13,16-20H2,1-6H3/t22-,26+/m1/s1. The molecular formula is C32H41FN6O3. The second-order valence-electron chi connectivity index (χ2n) is 13.2. The van der Waals surface area contributed by atoms with Crippen molar-refractivity contribution in [2.75, 3.05) is 31.1 Å². The molecule has 0 aliphatic carbocycles. The minimum absolute atomic E-state index is 0.00361. The number of anilines is 1. The number of fused-ring (bicyclic) bond motifs is 1. The summed E-state index contributed by atoms with van der Waals surface area (Å²) < 4.78 is 21.1. The Bertz CT molecular complexity index is 1420. The third-order valence-electron chi connectivity index (χ3n) is 7.93. The summed E-state index contributed by atoms with van der Waals surface area (Å²) in [4.78, 5) is 41.9. The Kier molecular flexibility index (Phi) is 8.11. The molecule has 0 radical (unpaired) electrons. The maximum atomic E-state index is 14.0. The number of hydrogen-bond acceptors (Lipinski definition) is 6. The van der Waals surface area contributed by atoms with E-state index in [2.05, 4.69) is 23.7 Å². The van der Waals surface area contributed by atoms with Crippen molar-refractivity contribution in [2.45, 2.75) is 77.6 Å². The smallest absolute Gasteiger partial charge is 0.410 e. The van der Waals surface area contributed by atoms with Gasteiger partial charge in [-0.05, 0) is 63.4 Å². The first-order chi connectivity index (χ1) is 19.8. The molecule has 3 aromatic rings. The zero-order valence-electron chi connectivity index (χ0n) is 25.4. The Morgan fingerprint density at radius 3 is 2.52 bits per heavy atom. The second kappa shape index (κ2) is 11.5. The average Bonchev–Trinajstić information content (AvgIpc) is 3.51. The molecule has 0 unspecified atom stereocenters. The number of aromatic nitrogens is 3. The van der Waals surface area contributed by atoms with Crippen LogP contribution in [0.4, 0.5) is 14.9 Å². The van der Waals surface area contributed by atoms with E-state index in [1.807, 2.05) is 55.6 Å². The Morgan fingerprint density at radius 2 is 1.86 bits per heavy atom. The molecule has 2 aromatic heterocycles. The van der Waals surface area contributed by atoms with E-state index in [1.165, 1.54) is 12.1 Å². The number of piperazine rings is 1. The van der Waals surface area contributed by atoms with Gasteiger partial charge in [-0.2, -0.15) is 0 Å². The third kappa shape index (κ3) is 6.64. The summed E-state index contributed by atoms with van der Waals surface area (Å²) in [5.74, 6) is -0.270. The van der Waals surface area contributed by atoms with E-state index < -0.39 is 5.60 Å². The van der Waals surface area contributed by atoms with Gasteiger partial charge in [0.15, 0.2) is 0 Å². The molecule has 2 aliphatic heterocycles. The van der Waals surface area contributed by atoms with Gasteiger partial charge in [0.2, 0.25) is 5.91 Å². The van der Waals surface area contributed by atoms with Gasteiger partial charge in [-0.3, -0.25) is 14.7 Å². The van der Waals surface area contributed by atoms with Gasteiger partial charge in [0.05, 0.1) is 24.3 Å². The summed E-state index contributed by atoms with van der Waals surface area (Å²) in [7, 11) is 0. The molecule has 0 saturated carbocycles. The van der Waals surface area contributed by atoms with Gasteiger partial charge in [-0.25, -0.2) is 14.2 Å². The average molecular weight is 577 g/mol. The molecule has 0 N–H and O–H groups in total. The van der Waals surface area contributed by atoms with E-state index in [0.717, 1.165) is 22.5 Å². The zero-order chi connectivity index (χ0) is 30.2. The molecule has 2 atom stereocenters. The zero-order valence-corrected chi connectivity index (χ0v) is 25.4. The van der Waals surface area contributed by atoms with E-state index in [9.17, 15) is 14.0 Å². The number of nitrogens with zero attached hydrogens (tertiary/aromatic N) is 6. The molecule has 1 aromatic carbocycles. The number of pyridine rings is 1. The van der Waals surface area contributed by atoms with Crippen molar-refractivity contribution in [3.63, 3.8) is 0 Å². The van der Waals surface area contributed by atoms with Crippen LogP contribution in [0.25, 0.3) is 0 Å². The van der Waals surface area contributed by atoms with Crippen molar-refractivity contribution in [2.24, 2.45) is 0 Å². The van der Waals surface area contributed by atoms with Gasteiger partial charge in [0.1, 0.15) is 11.4 Å². The van der Waals surface area contributed by atoms with Crippen molar-refractivity contribution >= 4 is 17.7 Å². The summed E-state index contributed by atoms with van der Waals surface area (Å²) in [6, 6.07) is 8.27. The van der Waals surface area contributed by atoms with Crippen molar-refractivity contribution < 1.29 is 18.7 Å². The summed E-state index contributed by atoms with van der Waals surface area (Å²) >= 11 is 0. The number of imidazole rings is 1. The van der Waals surface area contributed by atoms with Crippen LogP contribution >= 0.6 is 0 Å². The van der Waals surface area contributed by atoms with E-state index in [0.29, 0.717) is 32.6 Å². The quantitative estimate of drug-likeness (QED) is 0.425. The molecule has 1 saturated heterocycles. The first kappa shape index (κ1) is 29.7. The highest BCUT2D eigenvalue weighted by molar-refractivity contribution is 5.97. The highest BCUT2D eigenvalue weighted by atomic mass is 19.1. The molecule has 0 spiro atoms. The fraction of sp³-hybridized carbons (Fsp3) is 0.500. The lowest BCUT2D eigenvalue weighted by molar-refractivity contribution is -0.121. The van der Waals surface area contributed by atoms with Crippen molar-refractivity contribution in [1.29, 1.82) is 0 Å². The highest BCUT2D eigenvalue weighted by Gasteiger charge is 2.42. The van der Waals surface area contributed by atoms with Crippen molar-refractivity contribution in [1.82, 2.24) is 24.3 Å². The number of ether oxygens (including phenoxy) is 1. The van der Waals surface area contributed by atoms with Gasteiger partial charge >= 0.3 is 6.09 Å². The molecule has 5 rings (SSSR count). The number of rotatable bonds is 6. The van der Waals surface area contributed by atoms with Gasteiger partial charge in [0, 0.05) is 62.3 Å². The van der Waals surface area contributed by atoms with Gasteiger partial charge in [0.25, 0.3) is 0 Å².